The lowest BCUT2D eigenvalue weighted by molar-refractivity contribution is 0.0698. The summed E-state index contributed by atoms with van der Waals surface area (Å²) in [5.74, 6) is -1.91. The van der Waals surface area contributed by atoms with E-state index in [1.54, 1.807) is 37.3 Å². The van der Waals surface area contributed by atoms with Crippen LogP contribution >= 0.6 is 0 Å². The second-order valence-corrected chi connectivity index (χ2v) is 7.19. The van der Waals surface area contributed by atoms with Crippen LogP contribution in [0.1, 0.15) is 26.3 Å². The van der Waals surface area contributed by atoms with Gasteiger partial charge in [-0.25, -0.2) is 9.89 Å². The van der Waals surface area contributed by atoms with Crippen molar-refractivity contribution in [3.63, 3.8) is 0 Å². The van der Waals surface area contributed by atoms with Crippen LogP contribution < -0.4 is 10.9 Å². The Morgan fingerprint density at radius 3 is 2.16 bits per heavy atom. The summed E-state index contributed by atoms with van der Waals surface area (Å²) in [5, 5.41) is 18.8. The van der Waals surface area contributed by atoms with E-state index in [0.29, 0.717) is 16.8 Å². The highest BCUT2D eigenvalue weighted by molar-refractivity contribution is 6.12. The van der Waals surface area contributed by atoms with Crippen LogP contribution in [0.2, 0.25) is 0 Å². The van der Waals surface area contributed by atoms with Gasteiger partial charge in [-0.15, -0.1) is 0 Å². The Labute approximate surface area is 183 Å². The number of anilines is 1. The predicted molar refractivity (Wildman–Crippen MR) is 122 cm³/mol. The molecule has 7 nitrogen and oxygen atoms in total. The first-order valence-electron chi connectivity index (χ1n) is 9.84. The second kappa shape index (κ2) is 8.69. The van der Waals surface area contributed by atoms with Crippen LogP contribution in [-0.2, 0) is 0 Å². The number of carbonyl (C=O) groups excluding carboxylic acids is 1. The van der Waals surface area contributed by atoms with E-state index in [1.165, 1.54) is 12.1 Å². The number of benzene rings is 3. The van der Waals surface area contributed by atoms with E-state index < -0.39 is 17.4 Å². The normalized spacial score (nSPS) is 10.5. The minimum absolute atomic E-state index is 0.0617. The molecular formula is C25H19N3O4. The van der Waals surface area contributed by atoms with E-state index in [4.69, 9.17) is 0 Å². The third-order valence-corrected chi connectivity index (χ3v) is 4.97. The molecule has 0 saturated heterocycles. The van der Waals surface area contributed by atoms with Gasteiger partial charge in [0, 0.05) is 11.1 Å². The molecule has 0 radical (unpaired) electrons. The van der Waals surface area contributed by atoms with Crippen molar-refractivity contribution in [2.24, 2.45) is 0 Å². The monoisotopic (exact) mass is 425 g/mol. The van der Waals surface area contributed by atoms with Gasteiger partial charge in [0.05, 0.1) is 16.9 Å². The summed E-state index contributed by atoms with van der Waals surface area (Å²) in [6.45, 7) is 1.76. The summed E-state index contributed by atoms with van der Waals surface area (Å²) >= 11 is 0. The first kappa shape index (κ1) is 20.7. The average Bonchev–Trinajstić information content (AvgIpc) is 2.81. The molecule has 0 unspecified atom stereocenters. The zero-order chi connectivity index (χ0) is 22.7. The number of hydrogen-bond acceptors (Lipinski definition) is 4. The van der Waals surface area contributed by atoms with Gasteiger partial charge in [-0.05, 0) is 24.6 Å². The molecule has 0 aliphatic carbocycles. The maximum absolute atomic E-state index is 13.3. The van der Waals surface area contributed by atoms with Gasteiger partial charge in [-0.1, -0.05) is 72.3 Å². The van der Waals surface area contributed by atoms with Crippen molar-refractivity contribution in [2.75, 3.05) is 5.32 Å². The first-order valence-corrected chi connectivity index (χ1v) is 9.84. The fraction of sp³-hybridized carbons (Fsp3) is 0.0400. The largest absolute Gasteiger partial charge is 0.478 e. The van der Waals surface area contributed by atoms with Gasteiger partial charge in [0.1, 0.15) is 5.56 Å². The van der Waals surface area contributed by atoms with Crippen LogP contribution in [0.25, 0.3) is 22.4 Å². The van der Waals surface area contributed by atoms with E-state index in [1.807, 2.05) is 36.4 Å². The molecular weight excluding hydrogens is 406 g/mol. The molecule has 158 valence electrons. The number of carboxylic acids is 1. The van der Waals surface area contributed by atoms with E-state index in [0.717, 1.165) is 11.1 Å². The maximum atomic E-state index is 13.3. The van der Waals surface area contributed by atoms with Crippen LogP contribution in [0.5, 0.6) is 0 Å². The van der Waals surface area contributed by atoms with E-state index in [2.05, 4.69) is 15.5 Å². The van der Waals surface area contributed by atoms with Gasteiger partial charge in [0.15, 0.2) is 0 Å². The molecule has 3 N–H and O–H groups in total. The van der Waals surface area contributed by atoms with E-state index >= 15 is 0 Å². The van der Waals surface area contributed by atoms with Crippen LogP contribution in [0.4, 0.5) is 5.69 Å². The third-order valence-electron chi connectivity index (χ3n) is 4.97. The Kier molecular flexibility index (Phi) is 5.63. The Bertz CT molecular complexity index is 1360. The fourth-order valence-electron chi connectivity index (χ4n) is 3.49. The van der Waals surface area contributed by atoms with Crippen molar-refractivity contribution < 1.29 is 14.7 Å². The SMILES string of the molecule is Cc1ccc(NC(=O)c2c(-c3ccccc3)c(-c3ccccc3)n[nH]c2=O)c(C(=O)O)c1. The van der Waals surface area contributed by atoms with Gasteiger partial charge in [0.25, 0.3) is 11.5 Å². The Morgan fingerprint density at radius 2 is 1.53 bits per heavy atom. The molecule has 3 aromatic carbocycles. The highest BCUT2D eigenvalue weighted by Gasteiger charge is 2.24. The number of hydrogen-bond donors (Lipinski definition) is 3. The number of rotatable bonds is 5. The second-order valence-electron chi connectivity index (χ2n) is 7.19. The molecule has 0 fully saturated rings. The summed E-state index contributed by atoms with van der Waals surface area (Å²) < 4.78 is 0. The van der Waals surface area contributed by atoms with Crippen LogP contribution in [0.15, 0.2) is 83.7 Å². The van der Waals surface area contributed by atoms with E-state index in [-0.39, 0.29) is 16.8 Å². The lowest BCUT2D eigenvalue weighted by Gasteiger charge is -2.15. The lowest BCUT2D eigenvalue weighted by Crippen LogP contribution is -2.26. The quantitative estimate of drug-likeness (QED) is 0.440. The minimum atomic E-state index is -1.18. The van der Waals surface area contributed by atoms with Gasteiger partial charge in [-0.2, -0.15) is 5.10 Å². The molecule has 1 heterocycles. The fourth-order valence-corrected chi connectivity index (χ4v) is 3.49. The summed E-state index contributed by atoms with van der Waals surface area (Å²) in [6, 6.07) is 22.8. The smallest absolute Gasteiger partial charge is 0.337 e. The summed E-state index contributed by atoms with van der Waals surface area (Å²) in [6.07, 6.45) is 0. The summed E-state index contributed by atoms with van der Waals surface area (Å²) in [5.41, 5.74) is 2.10. The summed E-state index contributed by atoms with van der Waals surface area (Å²) in [7, 11) is 0. The molecule has 1 aromatic heterocycles. The minimum Gasteiger partial charge on any atom is -0.478 e. The number of nitrogens with one attached hydrogen (secondary N) is 2. The number of carboxylic acid groups (broad SMARTS) is 1. The maximum Gasteiger partial charge on any atom is 0.337 e. The van der Waals surface area contributed by atoms with Crippen LogP contribution in [-0.4, -0.2) is 27.2 Å². The van der Waals surface area contributed by atoms with Crippen molar-refractivity contribution in [1.29, 1.82) is 0 Å². The number of amides is 1. The molecule has 4 rings (SSSR count). The van der Waals surface area contributed by atoms with Gasteiger partial charge >= 0.3 is 5.97 Å². The Balaban J connectivity index is 1.91. The zero-order valence-electron chi connectivity index (χ0n) is 17.1. The molecule has 0 aliphatic heterocycles. The number of nitrogens with zero attached hydrogens (tertiary/aromatic N) is 1. The number of aromatic carboxylic acids is 1. The molecule has 1 amide bonds. The molecule has 7 heteroatoms. The first-order chi connectivity index (χ1) is 15.5. The van der Waals surface area contributed by atoms with Crippen LogP contribution in [0.3, 0.4) is 0 Å². The molecule has 32 heavy (non-hydrogen) atoms. The number of carbonyl (C=O) groups is 2. The predicted octanol–water partition coefficient (Wildman–Crippen LogP) is 4.36. The zero-order valence-corrected chi connectivity index (χ0v) is 17.1. The highest BCUT2D eigenvalue weighted by atomic mass is 16.4. The number of aryl methyl sites for hydroxylation is 1. The Hall–Kier alpha value is -4.52. The lowest BCUT2D eigenvalue weighted by atomic mass is 9.95. The molecule has 0 aliphatic rings. The van der Waals surface area contributed by atoms with Crippen molar-refractivity contribution in [2.45, 2.75) is 6.92 Å². The standard InChI is InChI=1S/C25H19N3O4/c1-15-12-13-19(18(14-15)25(31)32)26-23(29)21-20(16-8-4-2-5-9-16)22(27-28-24(21)30)17-10-6-3-7-11-17/h2-14H,1H3,(H,26,29)(H,28,30)(H,31,32). The van der Waals surface area contributed by atoms with Gasteiger partial charge < -0.3 is 10.4 Å². The van der Waals surface area contributed by atoms with Crippen LogP contribution in [0, 0.1) is 6.92 Å². The summed E-state index contributed by atoms with van der Waals surface area (Å²) in [4.78, 5) is 37.8. The number of H-pyrrole nitrogens is 1. The van der Waals surface area contributed by atoms with E-state index in [9.17, 15) is 19.5 Å². The average molecular weight is 425 g/mol. The molecule has 4 aromatic rings. The number of aromatic amines is 1. The number of aromatic nitrogens is 2. The van der Waals surface area contributed by atoms with Crippen molar-refractivity contribution in [1.82, 2.24) is 10.2 Å². The molecule has 0 atom stereocenters. The molecule has 0 spiro atoms. The topological polar surface area (TPSA) is 112 Å². The van der Waals surface area contributed by atoms with Gasteiger partial charge in [-0.3, -0.25) is 9.59 Å². The van der Waals surface area contributed by atoms with Gasteiger partial charge in [0.2, 0.25) is 0 Å². The highest BCUT2D eigenvalue weighted by Crippen LogP contribution is 2.32. The van der Waals surface area contributed by atoms with Crippen molar-refractivity contribution in [3.8, 4) is 22.4 Å². The van der Waals surface area contributed by atoms with Crippen molar-refractivity contribution in [3.05, 3.63) is 106 Å². The molecule has 0 bridgehead atoms. The third kappa shape index (κ3) is 4.04. The molecule has 0 saturated carbocycles. The Morgan fingerprint density at radius 1 is 0.906 bits per heavy atom. The van der Waals surface area contributed by atoms with Crippen molar-refractivity contribution >= 4 is 17.6 Å².